The SMILES string of the molecule is CS(=O)(=O)c1nccc(-c2c(C(=O)c3ccccc3Cl)c(=O)n3n2CCC3)n1. The summed E-state index contributed by atoms with van der Waals surface area (Å²) >= 11 is 6.16. The first-order valence-electron chi connectivity index (χ1n) is 8.45. The molecule has 28 heavy (non-hydrogen) atoms. The van der Waals surface area contributed by atoms with Gasteiger partial charge in [-0.3, -0.25) is 14.3 Å². The number of nitrogens with zero attached hydrogens (tertiary/aromatic N) is 4. The van der Waals surface area contributed by atoms with Crippen molar-refractivity contribution >= 4 is 27.2 Å². The molecule has 0 saturated carbocycles. The summed E-state index contributed by atoms with van der Waals surface area (Å²) in [6.07, 6.45) is 3.03. The van der Waals surface area contributed by atoms with Gasteiger partial charge in [0.25, 0.3) is 5.56 Å². The van der Waals surface area contributed by atoms with Crippen molar-refractivity contribution in [2.24, 2.45) is 0 Å². The predicted molar refractivity (Wildman–Crippen MR) is 102 cm³/mol. The number of sulfone groups is 1. The summed E-state index contributed by atoms with van der Waals surface area (Å²) in [6.45, 7) is 0.976. The fraction of sp³-hybridized carbons (Fsp3) is 0.222. The average Bonchev–Trinajstić information content (AvgIpc) is 3.23. The molecule has 0 amide bonds. The number of carbonyl (C=O) groups is 1. The maximum atomic E-state index is 13.2. The molecule has 0 aliphatic carbocycles. The first kappa shape index (κ1) is 18.6. The molecule has 0 fully saturated rings. The highest BCUT2D eigenvalue weighted by molar-refractivity contribution is 7.90. The van der Waals surface area contributed by atoms with Gasteiger partial charge in [0, 0.05) is 31.1 Å². The smallest absolute Gasteiger partial charge is 0.278 e. The summed E-state index contributed by atoms with van der Waals surface area (Å²) in [7, 11) is -3.66. The Morgan fingerprint density at radius 2 is 1.86 bits per heavy atom. The quantitative estimate of drug-likeness (QED) is 0.472. The van der Waals surface area contributed by atoms with E-state index >= 15 is 0 Å². The van der Waals surface area contributed by atoms with Crippen LogP contribution in [0.15, 0.2) is 46.5 Å². The molecular formula is C18H15ClN4O4S. The summed E-state index contributed by atoms with van der Waals surface area (Å²) in [6, 6.07) is 7.95. The molecule has 2 aromatic heterocycles. The van der Waals surface area contributed by atoms with Crippen molar-refractivity contribution in [1.29, 1.82) is 0 Å². The van der Waals surface area contributed by atoms with Crippen LogP contribution in [-0.2, 0) is 22.9 Å². The third kappa shape index (κ3) is 2.96. The number of hydrogen-bond donors (Lipinski definition) is 0. The van der Waals surface area contributed by atoms with Gasteiger partial charge in [-0.1, -0.05) is 23.7 Å². The van der Waals surface area contributed by atoms with E-state index in [2.05, 4.69) is 9.97 Å². The minimum atomic E-state index is -3.66. The molecule has 1 aromatic carbocycles. The molecule has 3 aromatic rings. The largest absolute Gasteiger partial charge is 0.288 e. The van der Waals surface area contributed by atoms with Crippen molar-refractivity contribution in [3.8, 4) is 11.4 Å². The summed E-state index contributed by atoms with van der Waals surface area (Å²) < 4.78 is 26.9. The van der Waals surface area contributed by atoms with E-state index in [9.17, 15) is 18.0 Å². The van der Waals surface area contributed by atoms with Gasteiger partial charge in [0.2, 0.25) is 20.8 Å². The second-order valence-corrected chi connectivity index (χ2v) is 8.75. The number of benzene rings is 1. The molecule has 144 valence electrons. The highest BCUT2D eigenvalue weighted by Crippen LogP contribution is 2.28. The second-order valence-electron chi connectivity index (χ2n) is 6.43. The molecule has 0 N–H and O–H groups in total. The van der Waals surface area contributed by atoms with Crippen LogP contribution >= 0.6 is 11.6 Å². The minimum absolute atomic E-state index is 0.0778. The number of fused-ring (bicyclic) bond motifs is 1. The fourth-order valence-electron chi connectivity index (χ4n) is 3.31. The van der Waals surface area contributed by atoms with E-state index < -0.39 is 21.2 Å². The lowest BCUT2D eigenvalue weighted by Gasteiger charge is -2.08. The van der Waals surface area contributed by atoms with Gasteiger partial charge in [0.1, 0.15) is 11.3 Å². The van der Waals surface area contributed by atoms with E-state index in [4.69, 9.17) is 11.6 Å². The Hall–Kier alpha value is -2.78. The molecule has 0 bridgehead atoms. The number of carbonyl (C=O) groups excluding carboxylic acids is 1. The molecular weight excluding hydrogens is 404 g/mol. The molecule has 1 aliphatic rings. The maximum Gasteiger partial charge on any atom is 0.278 e. The van der Waals surface area contributed by atoms with Crippen molar-refractivity contribution in [2.45, 2.75) is 24.7 Å². The molecule has 0 saturated heterocycles. The first-order chi connectivity index (χ1) is 13.3. The van der Waals surface area contributed by atoms with Gasteiger partial charge in [-0.15, -0.1) is 0 Å². The summed E-state index contributed by atoms with van der Waals surface area (Å²) in [4.78, 5) is 34.1. The van der Waals surface area contributed by atoms with Crippen LogP contribution < -0.4 is 5.56 Å². The Morgan fingerprint density at radius 3 is 2.57 bits per heavy atom. The zero-order valence-corrected chi connectivity index (χ0v) is 16.4. The van der Waals surface area contributed by atoms with Crippen molar-refractivity contribution in [1.82, 2.24) is 19.3 Å². The average molecular weight is 419 g/mol. The molecule has 0 radical (unpaired) electrons. The van der Waals surface area contributed by atoms with Crippen LogP contribution in [-0.4, -0.2) is 39.8 Å². The van der Waals surface area contributed by atoms with E-state index in [1.54, 1.807) is 28.9 Å². The van der Waals surface area contributed by atoms with Gasteiger partial charge in [0.15, 0.2) is 0 Å². The molecule has 4 rings (SSSR count). The minimum Gasteiger partial charge on any atom is -0.288 e. The van der Waals surface area contributed by atoms with Gasteiger partial charge in [-0.2, -0.15) is 0 Å². The summed E-state index contributed by atoms with van der Waals surface area (Å²) in [5, 5.41) is -0.138. The van der Waals surface area contributed by atoms with E-state index in [-0.39, 0.29) is 32.7 Å². The third-order valence-corrected chi connectivity index (χ3v) is 5.72. The zero-order valence-electron chi connectivity index (χ0n) is 14.8. The molecule has 1 aliphatic heterocycles. The number of aromatic nitrogens is 4. The van der Waals surface area contributed by atoms with Gasteiger partial charge < -0.3 is 0 Å². The number of rotatable bonds is 4. The molecule has 0 unspecified atom stereocenters. The van der Waals surface area contributed by atoms with Crippen LogP contribution in [0.3, 0.4) is 0 Å². The topological polar surface area (TPSA) is 104 Å². The van der Waals surface area contributed by atoms with Crippen LogP contribution in [0.2, 0.25) is 5.02 Å². The van der Waals surface area contributed by atoms with Crippen molar-refractivity contribution < 1.29 is 13.2 Å². The normalized spacial score (nSPS) is 13.5. The van der Waals surface area contributed by atoms with E-state index in [1.165, 1.54) is 16.9 Å². The molecule has 10 heteroatoms. The van der Waals surface area contributed by atoms with Crippen LogP contribution in [0, 0.1) is 0 Å². The number of halogens is 1. The Kier molecular flexibility index (Phi) is 4.43. The second kappa shape index (κ2) is 6.68. The van der Waals surface area contributed by atoms with E-state index in [0.29, 0.717) is 13.1 Å². The highest BCUT2D eigenvalue weighted by atomic mass is 35.5. The van der Waals surface area contributed by atoms with E-state index in [0.717, 1.165) is 12.7 Å². The lowest BCUT2D eigenvalue weighted by Crippen LogP contribution is -2.21. The Labute approximate surface area is 165 Å². The first-order valence-corrected chi connectivity index (χ1v) is 10.7. The lowest BCUT2D eigenvalue weighted by molar-refractivity contribution is 0.103. The highest BCUT2D eigenvalue weighted by Gasteiger charge is 2.31. The summed E-state index contributed by atoms with van der Waals surface area (Å²) in [5.41, 5.74) is 0.149. The fourth-order valence-corrected chi connectivity index (χ4v) is 4.05. The maximum absolute atomic E-state index is 13.2. The summed E-state index contributed by atoms with van der Waals surface area (Å²) in [5.74, 6) is -0.528. The predicted octanol–water partition coefficient (Wildman–Crippen LogP) is 1.80. The van der Waals surface area contributed by atoms with Gasteiger partial charge in [0.05, 0.1) is 10.7 Å². The molecule has 3 heterocycles. The van der Waals surface area contributed by atoms with Crippen molar-refractivity contribution in [2.75, 3.05) is 6.26 Å². The van der Waals surface area contributed by atoms with Crippen molar-refractivity contribution in [3.63, 3.8) is 0 Å². The van der Waals surface area contributed by atoms with Crippen LogP contribution in [0.1, 0.15) is 22.3 Å². The standard InChI is InChI=1S/C18H15ClN4O4S/c1-28(26,27)18-20-8-7-13(21-18)15-14(17(25)23-10-4-9-22(15)23)16(24)11-5-2-3-6-12(11)19/h2-3,5-8H,4,9-10H2,1H3. The van der Waals surface area contributed by atoms with Crippen LogP contribution in [0.5, 0.6) is 0 Å². The molecule has 8 nitrogen and oxygen atoms in total. The Bertz CT molecular complexity index is 1280. The third-order valence-electron chi connectivity index (χ3n) is 4.53. The van der Waals surface area contributed by atoms with Gasteiger partial charge in [-0.25, -0.2) is 23.1 Å². The molecule has 0 spiro atoms. The monoisotopic (exact) mass is 418 g/mol. The molecule has 0 atom stereocenters. The number of ketones is 1. The van der Waals surface area contributed by atoms with Crippen LogP contribution in [0.4, 0.5) is 0 Å². The Morgan fingerprint density at radius 1 is 1.14 bits per heavy atom. The Balaban J connectivity index is 1.99. The zero-order chi connectivity index (χ0) is 20.1. The van der Waals surface area contributed by atoms with Crippen LogP contribution in [0.25, 0.3) is 11.4 Å². The lowest BCUT2D eigenvalue weighted by atomic mass is 10.0. The van der Waals surface area contributed by atoms with Gasteiger partial charge >= 0.3 is 0 Å². The van der Waals surface area contributed by atoms with Crippen molar-refractivity contribution in [3.05, 3.63) is 63.0 Å². The number of hydrogen-bond acceptors (Lipinski definition) is 6. The van der Waals surface area contributed by atoms with E-state index in [1.807, 2.05) is 0 Å². The van der Waals surface area contributed by atoms with Gasteiger partial charge in [-0.05, 0) is 24.6 Å².